The molecule has 0 heterocycles. The van der Waals surface area contributed by atoms with Crippen LogP contribution in [-0.2, 0) is 4.79 Å². The maximum absolute atomic E-state index is 11.6. The first-order valence-corrected chi connectivity index (χ1v) is 4.39. The Kier molecular flexibility index (Phi) is 3.71. The van der Waals surface area contributed by atoms with Crippen LogP contribution in [0.2, 0.25) is 0 Å². The Bertz CT molecular complexity index is 164. The van der Waals surface area contributed by atoms with Gasteiger partial charge in [-0.15, -0.1) is 0 Å². The highest BCUT2D eigenvalue weighted by Crippen LogP contribution is 2.10. The quantitative estimate of drug-likeness (QED) is 0.689. The van der Waals surface area contributed by atoms with Crippen LogP contribution in [0.1, 0.15) is 34.1 Å². The van der Waals surface area contributed by atoms with E-state index in [0.29, 0.717) is 6.42 Å². The molecule has 72 valence electrons. The lowest BCUT2D eigenvalue weighted by molar-refractivity contribution is -0.136. The number of nitrogens with two attached hydrogens (primary N) is 1. The SMILES string of the molecule is CCC(C)(N)C(=O)N(C)C(C)C. The molecule has 0 aliphatic carbocycles. The van der Waals surface area contributed by atoms with Crippen LogP contribution in [0.4, 0.5) is 0 Å². The van der Waals surface area contributed by atoms with E-state index in [1.165, 1.54) is 0 Å². The molecule has 0 aromatic rings. The van der Waals surface area contributed by atoms with E-state index < -0.39 is 5.54 Å². The van der Waals surface area contributed by atoms with Gasteiger partial charge in [-0.1, -0.05) is 6.92 Å². The Morgan fingerprint density at radius 2 is 2.00 bits per heavy atom. The molecule has 0 spiro atoms. The van der Waals surface area contributed by atoms with Crippen molar-refractivity contribution < 1.29 is 4.79 Å². The third-order valence-corrected chi connectivity index (χ3v) is 2.32. The first kappa shape index (κ1) is 11.4. The number of hydrogen-bond acceptors (Lipinski definition) is 2. The monoisotopic (exact) mass is 172 g/mol. The van der Waals surface area contributed by atoms with Crippen LogP contribution in [-0.4, -0.2) is 29.4 Å². The molecule has 1 amide bonds. The molecule has 12 heavy (non-hydrogen) atoms. The molecular formula is C9H20N2O. The molecule has 0 aromatic carbocycles. The molecule has 0 aliphatic rings. The summed E-state index contributed by atoms with van der Waals surface area (Å²) >= 11 is 0. The molecule has 0 bridgehead atoms. The summed E-state index contributed by atoms with van der Waals surface area (Å²) in [6.45, 7) is 7.65. The van der Waals surface area contributed by atoms with Gasteiger partial charge in [-0.25, -0.2) is 0 Å². The Morgan fingerprint density at radius 3 is 2.25 bits per heavy atom. The molecule has 3 heteroatoms. The molecule has 0 saturated heterocycles. The highest BCUT2D eigenvalue weighted by molar-refractivity contribution is 5.85. The second-order valence-electron chi connectivity index (χ2n) is 3.78. The lowest BCUT2D eigenvalue weighted by Gasteiger charge is -2.30. The number of nitrogens with zero attached hydrogens (tertiary/aromatic N) is 1. The van der Waals surface area contributed by atoms with Crippen molar-refractivity contribution in [2.24, 2.45) is 5.73 Å². The maximum atomic E-state index is 11.6. The Hall–Kier alpha value is -0.570. The molecule has 1 unspecified atom stereocenters. The number of rotatable bonds is 3. The second-order valence-corrected chi connectivity index (χ2v) is 3.78. The number of hydrogen-bond donors (Lipinski definition) is 1. The standard InChI is InChI=1S/C9H20N2O/c1-6-9(4,10)8(12)11(5)7(2)3/h7H,6,10H2,1-5H3. The number of likely N-dealkylation sites (N-methyl/N-ethyl adjacent to an activating group) is 1. The van der Waals surface area contributed by atoms with Crippen LogP contribution in [0.3, 0.4) is 0 Å². The summed E-state index contributed by atoms with van der Waals surface area (Å²) in [5.41, 5.74) is 5.10. The van der Waals surface area contributed by atoms with Gasteiger partial charge < -0.3 is 10.6 Å². The predicted molar refractivity (Wildman–Crippen MR) is 50.8 cm³/mol. The number of carbonyl (C=O) groups excluding carboxylic acids is 1. The van der Waals surface area contributed by atoms with Crippen molar-refractivity contribution >= 4 is 5.91 Å². The smallest absolute Gasteiger partial charge is 0.242 e. The van der Waals surface area contributed by atoms with E-state index in [9.17, 15) is 4.79 Å². The van der Waals surface area contributed by atoms with Crippen LogP contribution in [0.25, 0.3) is 0 Å². The van der Waals surface area contributed by atoms with Gasteiger partial charge in [0.2, 0.25) is 5.91 Å². The van der Waals surface area contributed by atoms with Gasteiger partial charge in [0.1, 0.15) is 0 Å². The van der Waals surface area contributed by atoms with E-state index >= 15 is 0 Å². The molecule has 3 nitrogen and oxygen atoms in total. The molecule has 0 aromatic heterocycles. The third kappa shape index (κ3) is 2.48. The molecule has 0 aliphatic heterocycles. The van der Waals surface area contributed by atoms with E-state index in [4.69, 9.17) is 5.73 Å². The van der Waals surface area contributed by atoms with Crippen LogP contribution < -0.4 is 5.73 Å². The van der Waals surface area contributed by atoms with E-state index in [1.807, 2.05) is 20.8 Å². The van der Waals surface area contributed by atoms with Crippen LogP contribution in [0.15, 0.2) is 0 Å². The highest BCUT2D eigenvalue weighted by Gasteiger charge is 2.29. The lowest BCUT2D eigenvalue weighted by atomic mass is 9.98. The van der Waals surface area contributed by atoms with Crippen molar-refractivity contribution in [1.29, 1.82) is 0 Å². The average molecular weight is 172 g/mol. The lowest BCUT2D eigenvalue weighted by Crippen LogP contribution is -2.53. The van der Waals surface area contributed by atoms with Gasteiger partial charge in [0.05, 0.1) is 5.54 Å². The fourth-order valence-corrected chi connectivity index (χ4v) is 0.789. The van der Waals surface area contributed by atoms with Crippen molar-refractivity contribution in [2.45, 2.75) is 45.7 Å². The summed E-state index contributed by atoms with van der Waals surface area (Å²) in [5.74, 6) is 0.0139. The summed E-state index contributed by atoms with van der Waals surface area (Å²) in [5, 5.41) is 0. The minimum atomic E-state index is -0.709. The van der Waals surface area contributed by atoms with Crippen molar-refractivity contribution in [2.75, 3.05) is 7.05 Å². The molecule has 0 rings (SSSR count). The van der Waals surface area contributed by atoms with Crippen LogP contribution in [0.5, 0.6) is 0 Å². The van der Waals surface area contributed by atoms with Crippen molar-refractivity contribution in [3.63, 3.8) is 0 Å². The minimum absolute atomic E-state index is 0.0139. The van der Waals surface area contributed by atoms with Gasteiger partial charge in [-0.05, 0) is 27.2 Å². The second kappa shape index (κ2) is 3.90. The van der Waals surface area contributed by atoms with Crippen molar-refractivity contribution in [3.05, 3.63) is 0 Å². The van der Waals surface area contributed by atoms with Gasteiger partial charge in [-0.3, -0.25) is 4.79 Å². The van der Waals surface area contributed by atoms with E-state index in [2.05, 4.69) is 0 Å². The molecule has 0 saturated carbocycles. The highest BCUT2D eigenvalue weighted by atomic mass is 16.2. The summed E-state index contributed by atoms with van der Waals surface area (Å²) in [6, 6.07) is 0.215. The zero-order valence-corrected chi connectivity index (χ0v) is 8.72. The molecule has 0 radical (unpaired) electrons. The summed E-state index contributed by atoms with van der Waals surface area (Å²) in [6.07, 6.45) is 0.670. The Labute approximate surface area is 74.9 Å². The average Bonchev–Trinajstić information content (AvgIpc) is 2.01. The maximum Gasteiger partial charge on any atom is 0.242 e. The summed E-state index contributed by atoms with van der Waals surface area (Å²) in [4.78, 5) is 13.3. The Balaban J connectivity index is 4.39. The van der Waals surface area contributed by atoms with Gasteiger partial charge in [0, 0.05) is 13.1 Å². The first-order valence-electron chi connectivity index (χ1n) is 4.39. The molecular weight excluding hydrogens is 152 g/mol. The molecule has 1 atom stereocenters. The van der Waals surface area contributed by atoms with E-state index in [0.717, 1.165) is 0 Å². The predicted octanol–water partition coefficient (Wildman–Crippen LogP) is 0.981. The fraction of sp³-hybridized carbons (Fsp3) is 0.889. The molecule has 0 fully saturated rings. The summed E-state index contributed by atoms with van der Waals surface area (Å²) < 4.78 is 0. The van der Waals surface area contributed by atoms with Gasteiger partial charge in [0.25, 0.3) is 0 Å². The normalized spacial score (nSPS) is 15.9. The molecule has 2 N–H and O–H groups in total. The zero-order valence-electron chi connectivity index (χ0n) is 8.72. The minimum Gasteiger partial charge on any atom is -0.342 e. The van der Waals surface area contributed by atoms with Gasteiger partial charge >= 0.3 is 0 Å². The largest absolute Gasteiger partial charge is 0.342 e. The van der Waals surface area contributed by atoms with Gasteiger partial charge in [0.15, 0.2) is 0 Å². The van der Waals surface area contributed by atoms with Gasteiger partial charge in [-0.2, -0.15) is 0 Å². The van der Waals surface area contributed by atoms with E-state index in [-0.39, 0.29) is 11.9 Å². The summed E-state index contributed by atoms with van der Waals surface area (Å²) in [7, 11) is 1.79. The fourth-order valence-electron chi connectivity index (χ4n) is 0.789. The number of carbonyl (C=O) groups is 1. The van der Waals surface area contributed by atoms with Crippen LogP contribution in [0, 0.1) is 0 Å². The van der Waals surface area contributed by atoms with E-state index in [1.54, 1.807) is 18.9 Å². The van der Waals surface area contributed by atoms with Crippen molar-refractivity contribution in [1.82, 2.24) is 4.90 Å². The number of amides is 1. The third-order valence-electron chi connectivity index (χ3n) is 2.32. The van der Waals surface area contributed by atoms with Crippen LogP contribution >= 0.6 is 0 Å². The van der Waals surface area contributed by atoms with Crippen molar-refractivity contribution in [3.8, 4) is 0 Å². The first-order chi connectivity index (χ1) is 5.33. The zero-order chi connectivity index (χ0) is 9.94. The topological polar surface area (TPSA) is 46.3 Å². The Morgan fingerprint density at radius 1 is 1.58 bits per heavy atom.